The van der Waals surface area contributed by atoms with E-state index in [0.717, 1.165) is 31.2 Å². The lowest BCUT2D eigenvalue weighted by molar-refractivity contribution is -0.133. The van der Waals surface area contributed by atoms with Crippen LogP contribution in [0.2, 0.25) is 0 Å². The molecule has 4 atom stereocenters. The van der Waals surface area contributed by atoms with E-state index < -0.39 is 0 Å². The normalized spacial score (nSPS) is 42.9. The molecule has 0 aromatic heterocycles. The second-order valence-corrected chi connectivity index (χ2v) is 5.68. The Balaban J connectivity index is 2.06. The van der Waals surface area contributed by atoms with Gasteiger partial charge in [-0.2, -0.15) is 0 Å². The van der Waals surface area contributed by atoms with Crippen molar-refractivity contribution in [2.45, 2.75) is 58.7 Å². The van der Waals surface area contributed by atoms with Gasteiger partial charge in [0.1, 0.15) is 0 Å². The van der Waals surface area contributed by atoms with E-state index in [-0.39, 0.29) is 11.7 Å². The van der Waals surface area contributed by atoms with Crippen LogP contribution in [0.4, 0.5) is 0 Å². The molecule has 92 valence electrons. The molecule has 4 unspecified atom stereocenters. The summed E-state index contributed by atoms with van der Waals surface area (Å²) in [4.78, 5) is 14.4. The van der Waals surface area contributed by atoms with Gasteiger partial charge in [0, 0.05) is 6.54 Å². The van der Waals surface area contributed by atoms with E-state index in [1.165, 1.54) is 6.42 Å². The minimum Gasteiger partial charge on any atom is -0.325 e. The average Bonchev–Trinajstić information content (AvgIpc) is 2.91. The lowest BCUT2D eigenvalue weighted by Gasteiger charge is -2.23. The number of rotatable bonds is 4. The summed E-state index contributed by atoms with van der Waals surface area (Å²) < 4.78 is 0. The van der Waals surface area contributed by atoms with E-state index >= 15 is 0 Å². The van der Waals surface area contributed by atoms with Crippen molar-refractivity contribution in [3.8, 4) is 0 Å². The SMILES string of the molecule is CCC1NC(C)(CC)C(=O)N1CC1CC1C. The van der Waals surface area contributed by atoms with Gasteiger partial charge in [-0.05, 0) is 38.0 Å². The lowest BCUT2D eigenvalue weighted by Crippen LogP contribution is -2.43. The second kappa shape index (κ2) is 4.02. The Bertz CT molecular complexity index is 292. The highest BCUT2D eigenvalue weighted by Crippen LogP contribution is 2.40. The van der Waals surface area contributed by atoms with Crippen LogP contribution < -0.4 is 5.32 Å². The van der Waals surface area contributed by atoms with Gasteiger partial charge >= 0.3 is 0 Å². The van der Waals surface area contributed by atoms with E-state index in [0.29, 0.717) is 5.91 Å². The maximum atomic E-state index is 12.4. The molecule has 0 bridgehead atoms. The number of hydrogen-bond donors (Lipinski definition) is 1. The van der Waals surface area contributed by atoms with Gasteiger partial charge in [-0.15, -0.1) is 0 Å². The predicted octanol–water partition coefficient (Wildman–Crippen LogP) is 1.98. The maximum absolute atomic E-state index is 12.4. The Labute approximate surface area is 98.6 Å². The number of amides is 1. The Kier molecular flexibility index (Phi) is 2.99. The zero-order valence-corrected chi connectivity index (χ0v) is 10.9. The molecule has 0 aromatic carbocycles. The predicted molar refractivity (Wildman–Crippen MR) is 64.9 cm³/mol. The molecule has 2 aliphatic rings. The molecule has 3 nitrogen and oxygen atoms in total. The van der Waals surface area contributed by atoms with Crippen LogP contribution in [0.25, 0.3) is 0 Å². The van der Waals surface area contributed by atoms with Crippen LogP contribution in [-0.2, 0) is 4.79 Å². The molecule has 0 spiro atoms. The third-order valence-corrected chi connectivity index (χ3v) is 4.40. The first-order valence-corrected chi connectivity index (χ1v) is 6.60. The molecule has 1 amide bonds. The van der Waals surface area contributed by atoms with Gasteiger partial charge in [0.25, 0.3) is 0 Å². The molecule has 1 aliphatic carbocycles. The van der Waals surface area contributed by atoms with E-state index in [2.05, 4.69) is 31.0 Å². The molecule has 1 saturated heterocycles. The topological polar surface area (TPSA) is 32.3 Å². The molecule has 0 radical (unpaired) electrons. The quantitative estimate of drug-likeness (QED) is 0.792. The van der Waals surface area contributed by atoms with Gasteiger partial charge in [-0.1, -0.05) is 20.8 Å². The Morgan fingerprint density at radius 3 is 2.56 bits per heavy atom. The van der Waals surface area contributed by atoms with Crippen molar-refractivity contribution in [2.24, 2.45) is 11.8 Å². The van der Waals surface area contributed by atoms with Crippen molar-refractivity contribution >= 4 is 5.91 Å². The molecule has 2 fully saturated rings. The standard InChI is InChI=1S/C13H24N2O/c1-5-11-14-13(4,6-2)12(16)15(11)8-10-7-9(10)3/h9-11,14H,5-8H2,1-4H3. The van der Waals surface area contributed by atoms with Crippen LogP contribution in [0.5, 0.6) is 0 Å². The van der Waals surface area contributed by atoms with Gasteiger partial charge in [-0.25, -0.2) is 0 Å². The average molecular weight is 224 g/mol. The zero-order valence-electron chi connectivity index (χ0n) is 10.9. The summed E-state index contributed by atoms with van der Waals surface area (Å²) in [5.41, 5.74) is -0.321. The van der Waals surface area contributed by atoms with Crippen molar-refractivity contribution in [2.75, 3.05) is 6.54 Å². The van der Waals surface area contributed by atoms with Gasteiger partial charge in [0.15, 0.2) is 0 Å². The second-order valence-electron chi connectivity index (χ2n) is 5.68. The van der Waals surface area contributed by atoms with Crippen molar-refractivity contribution < 1.29 is 4.79 Å². The highest BCUT2D eigenvalue weighted by atomic mass is 16.2. The zero-order chi connectivity index (χ0) is 11.9. The fourth-order valence-electron chi connectivity index (χ4n) is 2.66. The van der Waals surface area contributed by atoms with Gasteiger partial charge < -0.3 is 4.90 Å². The van der Waals surface area contributed by atoms with Gasteiger partial charge in [0.2, 0.25) is 5.91 Å². The highest BCUT2D eigenvalue weighted by molar-refractivity contribution is 5.88. The summed E-state index contributed by atoms with van der Waals surface area (Å²) in [6, 6.07) is 0. The number of nitrogens with zero attached hydrogens (tertiary/aromatic N) is 1. The number of nitrogens with one attached hydrogen (secondary N) is 1. The van der Waals surface area contributed by atoms with Crippen molar-refractivity contribution in [3.63, 3.8) is 0 Å². The molecule has 1 saturated carbocycles. The fraction of sp³-hybridized carbons (Fsp3) is 0.923. The van der Waals surface area contributed by atoms with E-state index in [9.17, 15) is 4.79 Å². The number of carbonyl (C=O) groups is 1. The van der Waals surface area contributed by atoms with Crippen LogP contribution in [0.3, 0.4) is 0 Å². The first-order chi connectivity index (χ1) is 7.51. The minimum atomic E-state index is -0.321. The molecular weight excluding hydrogens is 200 g/mol. The first-order valence-electron chi connectivity index (χ1n) is 6.60. The van der Waals surface area contributed by atoms with Crippen LogP contribution in [0.15, 0.2) is 0 Å². The van der Waals surface area contributed by atoms with E-state index in [1.54, 1.807) is 0 Å². The largest absolute Gasteiger partial charge is 0.325 e. The Morgan fingerprint density at radius 2 is 2.12 bits per heavy atom. The van der Waals surface area contributed by atoms with Crippen molar-refractivity contribution in [1.82, 2.24) is 10.2 Å². The molecule has 2 rings (SSSR count). The Hall–Kier alpha value is -0.570. The summed E-state index contributed by atoms with van der Waals surface area (Å²) in [5.74, 6) is 1.87. The van der Waals surface area contributed by atoms with Crippen LogP contribution in [0.1, 0.15) is 47.0 Å². The molecular formula is C13H24N2O. The van der Waals surface area contributed by atoms with Crippen molar-refractivity contribution in [1.29, 1.82) is 0 Å². The van der Waals surface area contributed by atoms with E-state index in [1.807, 2.05) is 6.92 Å². The smallest absolute Gasteiger partial charge is 0.243 e. The Morgan fingerprint density at radius 1 is 1.50 bits per heavy atom. The molecule has 1 N–H and O–H groups in total. The van der Waals surface area contributed by atoms with Crippen LogP contribution >= 0.6 is 0 Å². The summed E-state index contributed by atoms with van der Waals surface area (Å²) in [5, 5.41) is 3.49. The van der Waals surface area contributed by atoms with Crippen molar-refractivity contribution in [3.05, 3.63) is 0 Å². The third kappa shape index (κ3) is 1.86. The van der Waals surface area contributed by atoms with Gasteiger partial charge in [-0.3, -0.25) is 10.1 Å². The van der Waals surface area contributed by atoms with Gasteiger partial charge in [0.05, 0.1) is 11.7 Å². The first kappa shape index (κ1) is 11.9. The summed E-state index contributed by atoms with van der Waals surface area (Å²) in [6.45, 7) is 9.50. The highest BCUT2D eigenvalue weighted by Gasteiger charge is 2.48. The fourth-order valence-corrected chi connectivity index (χ4v) is 2.66. The minimum absolute atomic E-state index is 0.255. The van der Waals surface area contributed by atoms with Crippen LogP contribution in [-0.4, -0.2) is 29.1 Å². The molecule has 16 heavy (non-hydrogen) atoms. The molecule has 1 aliphatic heterocycles. The molecule has 1 heterocycles. The summed E-state index contributed by atoms with van der Waals surface area (Å²) in [7, 11) is 0. The number of carbonyl (C=O) groups excluding carboxylic acids is 1. The maximum Gasteiger partial charge on any atom is 0.243 e. The van der Waals surface area contributed by atoms with Crippen LogP contribution in [0, 0.1) is 11.8 Å². The summed E-state index contributed by atoms with van der Waals surface area (Å²) >= 11 is 0. The third-order valence-electron chi connectivity index (χ3n) is 4.40. The number of hydrogen-bond acceptors (Lipinski definition) is 2. The molecule has 3 heteroatoms. The lowest BCUT2D eigenvalue weighted by atomic mass is 9.99. The monoisotopic (exact) mass is 224 g/mol. The molecule has 0 aromatic rings. The van der Waals surface area contributed by atoms with E-state index in [4.69, 9.17) is 0 Å². The summed E-state index contributed by atoms with van der Waals surface area (Å²) in [6.07, 6.45) is 3.43.